The van der Waals surface area contributed by atoms with Crippen LogP contribution >= 0.6 is 11.6 Å². The number of anilines is 1. The molecule has 0 saturated heterocycles. The molecule has 0 aliphatic carbocycles. The van der Waals surface area contributed by atoms with Crippen LogP contribution in [0.25, 0.3) is 11.1 Å². The first-order valence-corrected chi connectivity index (χ1v) is 9.99. The second-order valence-corrected chi connectivity index (χ2v) is 8.21. The van der Waals surface area contributed by atoms with Crippen LogP contribution in [0.15, 0.2) is 45.8 Å². The van der Waals surface area contributed by atoms with E-state index in [0.717, 1.165) is 11.1 Å². The number of ether oxygens (including phenoxy) is 1. The second-order valence-electron chi connectivity index (χ2n) is 6.15. The van der Waals surface area contributed by atoms with Crippen LogP contribution in [0.1, 0.15) is 17.0 Å². The Morgan fingerprint density at radius 3 is 2.44 bits per heavy atom. The van der Waals surface area contributed by atoms with Crippen LogP contribution < -0.4 is 9.46 Å². The Kier molecular flexibility index (Phi) is 5.17. The van der Waals surface area contributed by atoms with E-state index in [1.54, 1.807) is 44.2 Å². The van der Waals surface area contributed by atoms with Crippen LogP contribution in [0, 0.1) is 20.8 Å². The van der Waals surface area contributed by atoms with Gasteiger partial charge in [-0.15, -0.1) is 0 Å². The SMILES string of the molecule is COc1ccc(-c2c(C)noc2C)cc1S(=O)(=O)Nc1ccc(C)cc1Cl. The molecule has 27 heavy (non-hydrogen) atoms. The third-order valence-electron chi connectivity index (χ3n) is 4.14. The second kappa shape index (κ2) is 7.25. The fourth-order valence-corrected chi connectivity index (χ4v) is 4.45. The number of sulfonamides is 1. The predicted octanol–water partition coefficient (Wildman–Crippen LogP) is 4.73. The van der Waals surface area contributed by atoms with Crippen LogP contribution in [0.4, 0.5) is 5.69 Å². The number of benzene rings is 2. The van der Waals surface area contributed by atoms with Crippen molar-refractivity contribution in [1.82, 2.24) is 5.16 Å². The maximum atomic E-state index is 13.0. The molecule has 1 N–H and O–H groups in total. The largest absolute Gasteiger partial charge is 0.495 e. The smallest absolute Gasteiger partial charge is 0.265 e. The van der Waals surface area contributed by atoms with Crippen LogP contribution in [-0.2, 0) is 10.0 Å². The number of nitrogens with one attached hydrogen (secondary N) is 1. The Labute approximate surface area is 163 Å². The summed E-state index contributed by atoms with van der Waals surface area (Å²) in [4.78, 5) is -0.000795. The van der Waals surface area contributed by atoms with Crippen LogP contribution in [0.3, 0.4) is 0 Å². The monoisotopic (exact) mass is 406 g/mol. The number of aryl methyl sites for hydroxylation is 3. The number of hydrogen-bond donors (Lipinski definition) is 1. The van der Waals surface area contributed by atoms with Crippen LogP contribution in [-0.4, -0.2) is 20.7 Å². The summed E-state index contributed by atoms with van der Waals surface area (Å²) in [6.45, 7) is 5.45. The van der Waals surface area contributed by atoms with Gasteiger partial charge in [0.1, 0.15) is 16.4 Å². The van der Waals surface area contributed by atoms with Gasteiger partial charge >= 0.3 is 0 Å². The van der Waals surface area contributed by atoms with Gasteiger partial charge in [-0.05, 0) is 56.2 Å². The highest BCUT2D eigenvalue weighted by atomic mass is 35.5. The number of nitrogens with zero attached hydrogens (tertiary/aromatic N) is 1. The van der Waals surface area contributed by atoms with Crippen LogP contribution in [0.5, 0.6) is 5.75 Å². The molecule has 0 saturated carbocycles. The summed E-state index contributed by atoms with van der Waals surface area (Å²) in [5.74, 6) is 0.830. The summed E-state index contributed by atoms with van der Waals surface area (Å²) in [5.41, 5.74) is 3.33. The fraction of sp³-hybridized carbons (Fsp3) is 0.211. The zero-order chi connectivity index (χ0) is 19.8. The van der Waals surface area contributed by atoms with Gasteiger partial charge in [-0.1, -0.05) is 28.9 Å². The fourth-order valence-electron chi connectivity index (χ4n) is 2.84. The molecule has 0 atom stereocenters. The minimum atomic E-state index is -3.94. The first-order chi connectivity index (χ1) is 12.7. The van der Waals surface area contributed by atoms with Gasteiger partial charge in [0.05, 0.1) is 23.5 Å². The van der Waals surface area contributed by atoms with Gasteiger partial charge in [-0.2, -0.15) is 0 Å². The van der Waals surface area contributed by atoms with Gasteiger partial charge in [0.25, 0.3) is 10.0 Å². The number of aromatic nitrogens is 1. The van der Waals surface area contributed by atoms with Gasteiger partial charge in [-0.25, -0.2) is 8.42 Å². The molecule has 1 aromatic heterocycles. The van der Waals surface area contributed by atoms with Crippen LogP contribution in [0.2, 0.25) is 5.02 Å². The minimum Gasteiger partial charge on any atom is -0.495 e. The molecule has 0 amide bonds. The molecule has 0 aliphatic heterocycles. The number of hydrogen-bond acceptors (Lipinski definition) is 5. The third-order valence-corrected chi connectivity index (χ3v) is 5.84. The quantitative estimate of drug-likeness (QED) is 0.662. The zero-order valence-corrected chi connectivity index (χ0v) is 16.9. The maximum absolute atomic E-state index is 13.0. The average molecular weight is 407 g/mol. The lowest BCUT2D eigenvalue weighted by Gasteiger charge is -2.14. The lowest BCUT2D eigenvalue weighted by Crippen LogP contribution is -2.14. The Bertz CT molecular complexity index is 1090. The van der Waals surface area contributed by atoms with Crippen molar-refractivity contribution in [3.05, 3.63) is 58.4 Å². The molecular weight excluding hydrogens is 388 g/mol. The molecule has 6 nitrogen and oxygen atoms in total. The molecule has 3 rings (SSSR count). The van der Waals surface area contributed by atoms with Crippen molar-refractivity contribution >= 4 is 27.3 Å². The summed E-state index contributed by atoms with van der Waals surface area (Å²) in [6.07, 6.45) is 0. The highest BCUT2D eigenvalue weighted by Crippen LogP contribution is 2.34. The predicted molar refractivity (Wildman–Crippen MR) is 105 cm³/mol. The van der Waals surface area contributed by atoms with E-state index in [1.807, 2.05) is 6.92 Å². The maximum Gasteiger partial charge on any atom is 0.265 e. The molecule has 0 radical (unpaired) electrons. The Hall–Kier alpha value is -2.51. The van der Waals surface area contributed by atoms with E-state index in [0.29, 0.717) is 27.7 Å². The summed E-state index contributed by atoms with van der Waals surface area (Å²) in [6, 6.07) is 10.0. The van der Waals surface area contributed by atoms with E-state index in [9.17, 15) is 8.42 Å². The van der Waals surface area contributed by atoms with Gasteiger partial charge in [-0.3, -0.25) is 4.72 Å². The van der Waals surface area contributed by atoms with Gasteiger partial charge in [0, 0.05) is 5.56 Å². The molecule has 0 bridgehead atoms. The molecule has 1 heterocycles. The topological polar surface area (TPSA) is 81.4 Å². The number of rotatable bonds is 5. The highest BCUT2D eigenvalue weighted by Gasteiger charge is 2.23. The van der Waals surface area contributed by atoms with Gasteiger partial charge in [0.15, 0.2) is 0 Å². The molecule has 8 heteroatoms. The lowest BCUT2D eigenvalue weighted by atomic mass is 10.0. The Balaban J connectivity index is 2.09. The van der Waals surface area contributed by atoms with E-state index in [1.165, 1.54) is 13.2 Å². The molecule has 0 fully saturated rings. The van der Waals surface area contributed by atoms with Crippen molar-refractivity contribution in [3.8, 4) is 16.9 Å². The average Bonchev–Trinajstić information content (AvgIpc) is 2.95. The third kappa shape index (κ3) is 3.79. The van der Waals surface area contributed by atoms with Crippen molar-refractivity contribution in [2.75, 3.05) is 11.8 Å². The zero-order valence-electron chi connectivity index (χ0n) is 15.3. The summed E-state index contributed by atoms with van der Waals surface area (Å²) in [7, 11) is -2.52. The summed E-state index contributed by atoms with van der Waals surface area (Å²) < 4.78 is 39.0. The molecule has 3 aromatic rings. The first kappa shape index (κ1) is 19.3. The van der Waals surface area contributed by atoms with E-state index in [4.69, 9.17) is 20.9 Å². The van der Waals surface area contributed by atoms with Crippen molar-refractivity contribution in [3.63, 3.8) is 0 Å². The van der Waals surface area contributed by atoms with E-state index >= 15 is 0 Å². The molecule has 0 spiro atoms. The summed E-state index contributed by atoms with van der Waals surface area (Å²) in [5, 5.41) is 4.24. The Morgan fingerprint density at radius 2 is 1.85 bits per heavy atom. The molecular formula is C19H19ClN2O4S. The van der Waals surface area contributed by atoms with Crippen molar-refractivity contribution in [2.24, 2.45) is 0 Å². The molecule has 2 aromatic carbocycles. The van der Waals surface area contributed by atoms with Crippen molar-refractivity contribution in [1.29, 1.82) is 0 Å². The van der Waals surface area contributed by atoms with E-state index < -0.39 is 10.0 Å². The minimum absolute atomic E-state index is 0.000795. The molecule has 0 unspecified atom stereocenters. The lowest BCUT2D eigenvalue weighted by molar-refractivity contribution is 0.393. The Morgan fingerprint density at radius 1 is 1.11 bits per heavy atom. The van der Waals surface area contributed by atoms with Gasteiger partial charge < -0.3 is 9.26 Å². The standard InChI is InChI=1S/C19H19ClN2O4S/c1-11-5-7-16(15(20)9-11)22-27(23,24)18-10-14(6-8-17(18)25-4)19-12(2)21-26-13(19)3/h5-10,22H,1-4H3. The van der Waals surface area contributed by atoms with E-state index in [2.05, 4.69) is 9.88 Å². The normalized spacial score (nSPS) is 11.4. The molecule has 142 valence electrons. The molecule has 0 aliphatic rings. The van der Waals surface area contributed by atoms with Crippen molar-refractivity contribution in [2.45, 2.75) is 25.7 Å². The summed E-state index contributed by atoms with van der Waals surface area (Å²) >= 11 is 6.17. The number of methoxy groups -OCH3 is 1. The van der Waals surface area contributed by atoms with Crippen molar-refractivity contribution < 1.29 is 17.7 Å². The first-order valence-electron chi connectivity index (χ1n) is 8.13. The highest BCUT2D eigenvalue weighted by molar-refractivity contribution is 7.92. The van der Waals surface area contributed by atoms with E-state index in [-0.39, 0.29) is 10.6 Å². The number of halogens is 1. The van der Waals surface area contributed by atoms with Gasteiger partial charge in [0.2, 0.25) is 0 Å².